The molecule has 1 N–H and O–H groups in total. The van der Waals surface area contributed by atoms with Gasteiger partial charge in [0.05, 0.1) is 10.5 Å². The number of rotatable bonds is 7. The standard InChI is InChI=1S/C19H27NO6Si/c1-8-16(26-27(6,7)19(3,4)5)17(21)13(2)25-18(22)14-9-11-15(12-10-14)20(23)24/h1,9-13,16-17,21H,2-7H3/t13-,16-,17+/m0/s1. The van der Waals surface area contributed by atoms with Crippen LogP contribution in [0.5, 0.6) is 0 Å². The molecule has 1 rings (SSSR count). The molecule has 0 bridgehead atoms. The van der Waals surface area contributed by atoms with E-state index in [0.29, 0.717) is 0 Å². The van der Waals surface area contributed by atoms with Gasteiger partial charge in [0.15, 0.2) is 8.32 Å². The third-order valence-corrected chi connectivity index (χ3v) is 9.25. The average molecular weight is 394 g/mol. The maximum Gasteiger partial charge on any atom is 0.338 e. The molecule has 0 radical (unpaired) electrons. The number of esters is 1. The number of nitro groups is 1. The van der Waals surface area contributed by atoms with Gasteiger partial charge < -0.3 is 14.3 Å². The predicted molar refractivity (Wildman–Crippen MR) is 105 cm³/mol. The summed E-state index contributed by atoms with van der Waals surface area (Å²) in [5.74, 6) is 1.73. The molecule has 148 valence electrons. The fourth-order valence-electron chi connectivity index (χ4n) is 1.97. The van der Waals surface area contributed by atoms with Crippen molar-refractivity contribution < 1.29 is 24.0 Å². The van der Waals surface area contributed by atoms with Crippen molar-refractivity contribution in [1.82, 2.24) is 0 Å². The summed E-state index contributed by atoms with van der Waals surface area (Å²) in [6, 6.07) is 5.01. The number of benzene rings is 1. The third kappa shape index (κ3) is 5.89. The Balaban J connectivity index is 2.82. The molecular weight excluding hydrogens is 366 g/mol. The Hall–Kier alpha value is -2.21. The number of nitro benzene ring substituents is 1. The summed E-state index contributed by atoms with van der Waals surface area (Å²) < 4.78 is 11.3. The Labute approximate surface area is 161 Å². The summed E-state index contributed by atoms with van der Waals surface area (Å²) in [4.78, 5) is 22.3. The molecule has 0 aliphatic heterocycles. The lowest BCUT2D eigenvalue weighted by atomic mass is 10.1. The van der Waals surface area contributed by atoms with E-state index in [-0.39, 0.29) is 16.3 Å². The van der Waals surface area contributed by atoms with Crippen molar-refractivity contribution in [3.05, 3.63) is 39.9 Å². The summed E-state index contributed by atoms with van der Waals surface area (Å²) in [6.45, 7) is 11.7. The Kier molecular flexibility index (Phi) is 7.31. The number of hydrogen-bond donors (Lipinski definition) is 1. The number of terminal acetylenes is 1. The lowest BCUT2D eigenvalue weighted by Gasteiger charge is -2.39. The van der Waals surface area contributed by atoms with Crippen LogP contribution >= 0.6 is 0 Å². The van der Waals surface area contributed by atoms with E-state index in [2.05, 4.69) is 26.7 Å². The van der Waals surface area contributed by atoms with Crippen LogP contribution in [0, 0.1) is 22.5 Å². The molecule has 0 saturated heterocycles. The van der Waals surface area contributed by atoms with E-state index in [1.165, 1.54) is 31.2 Å². The van der Waals surface area contributed by atoms with Crippen LogP contribution in [-0.2, 0) is 9.16 Å². The number of carbonyl (C=O) groups excluding carboxylic acids is 1. The number of aliphatic hydroxyl groups excluding tert-OH is 1. The molecule has 0 amide bonds. The first-order valence-electron chi connectivity index (χ1n) is 8.57. The topological polar surface area (TPSA) is 98.9 Å². The molecule has 0 saturated carbocycles. The number of ether oxygens (including phenoxy) is 1. The van der Waals surface area contributed by atoms with Crippen molar-refractivity contribution in [3.63, 3.8) is 0 Å². The largest absolute Gasteiger partial charge is 0.456 e. The van der Waals surface area contributed by atoms with Crippen molar-refractivity contribution >= 4 is 20.0 Å². The van der Waals surface area contributed by atoms with Gasteiger partial charge in [0.2, 0.25) is 0 Å². The Bertz CT molecular complexity index is 717. The SMILES string of the molecule is C#C[C@H](O[Si](C)(C)C(C)(C)C)[C@H](O)[C@H](C)OC(=O)c1ccc([N+](=O)[O-])cc1. The second-order valence-electron chi connectivity index (χ2n) is 7.87. The highest BCUT2D eigenvalue weighted by molar-refractivity contribution is 6.74. The molecule has 27 heavy (non-hydrogen) atoms. The van der Waals surface area contributed by atoms with Crippen LogP contribution in [0.15, 0.2) is 24.3 Å². The molecule has 0 heterocycles. The molecule has 0 aliphatic carbocycles. The van der Waals surface area contributed by atoms with Gasteiger partial charge in [-0.3, -0.25) is 10.1 Å². The minimum Gasteiger partial charge on any atom is -0.456 e. The van der Waals surface area contributed by atoms with Crippen LogP contribution < -0.4 is 0 Å². The van der Waals surface area contributed by atoms with Gasteiger partial charge in [-0.25, -0.2) is 4.79 Å². The highest BCUT2D eigenvalue weighted by Gasteiger charge is 2.41. The molecule has 1 aromatic carbocycles. The molecule has 0 aliphatic rings. The summed E-state index contributed by atoms with van der Waals surface area (Å²) in [5.41, 5.74) is 0.0111. The first-order chi connectivity index (χ1) is 12.3. The number of carbonyl (C=O) groups is 1. The van der Waals surface area contributed by atoms with Crippen molar-refractivity contribution in [3.8, 4) is 12.3 Å². The molecule has 7 nitrogen and oxygen atoms in total. The number of non-ortho nitro benzene ring substituents is 1. The average Bonchev–Trinajstić information content (AvgIpc) is 2.57. The minimum absolute atomic E-state index is 0.0967. The fraction of sp³-hybridized carbons (Fsp3) is 0.526. The predicted octanol–water partition coefficient (Wildman–Crippen LogP) is 3.52. The molecule has 0 spiro atoms. The molecule has 3 atom stereocenters. The lowest BCUT2D eigenvalue weighted by Crippen LogP contribution is -2.49. The van der Waals surface area contributed by atoms with Gasteiger partial charge in [-0.15, -0.1) is 6.42 Å². The monoisotopic (exact) mass is 393 g/mol. The van der Waals surface area contributed by atoms with Gasteiger partial charge in [-0.2, -0.15) is 0 Å². The highest BCUT2D eigenvalue weighted by Crippen LogP contribution is 2.37. The van der Waals surface area contributed by atoms with Gasteiger partial charge >= 0.3 is 5.97 Å². The van der Waals surface area contributed by atoms with Gasteiger partial charge in [0.25, 0.3) is 5.69 Å². The minimum atomic E-state index is -2.23. The van der Waals surface area contributed by atoms with Gasteiger partial charge in [-0.05, 0) is 37.2 Å². The summed E-state index contributed by atoms with van der Waals surface area (Å²) in [6.07, 6.45) is 2.50. The number of hydrogen-bond acceptors (Lipinski definition) is 6. The fourth-order valence-corrected chi connectivity index (χ4v) is 3.16. The summed E-state index contributed by atoms with van der Waals surface area (Å²) >= 11 is 0. The summed E-state index contributed by atoms with van der Waals surface area (Å²) in [7, 11) is -2.23. The van der Waals surface area contributed by atoms with Gasteiger partial charge in [-0.1, -0.05) is 26.7 Å². The Morgan fingerprint density at radius 3 is 2.22 bits per heavy atom. The van der Waals surface area contributed by atoms with Crippen molar-refractivity contribution in [2.24, 2.45) is 0 Å². The van der Waals surface area contributed by atoms with Crippen LogP contribution in [-0.4, -0.2) is 42.6 Å². The molecule has 8 heteroatoms. The first kappa shape index (κ1) is 22.8. The Morgan fingerprint density at radius 1 is 1.30 bits per heavy atom. The third-order valence-electron chi connectivity index (χ3n) is 4.79. The van der Waals surface area contributed by atoms with E-state index in [1.807, 2.05) is 13.1 Å². The maximum atomic E-state index is 12.2. The zero-order chi connectivity index (χ0) is 21.0. The molecular formula is C19H27NO6Si. The van der Waals surface area contributed by atoms with Crippen LogP contribution in [0.4, 0.5) is 5.69 Å². The second kappa shape index (κ2) is 8.65. The second-order valence-corrected chi connectivity index (χ2v) is 12.6. The summed E-state index contributed by atoms with van der Waals surface area (Å²) in [5, 5.41) is 21.1. The van der Waals surface area contributed by atoms with Crippen LogP contribution in [0.2, 0.25) is 18.1 Å². The molecule has 0 unspecified atom stereocenters. The maximum absolute atomic E-state index is 12.2. The smallest absolute Gasteiger partial charge is 0.338 e. The Morgan fingerprint density at radius 2 is 1.81 bits per heavy atom. The molecule has 0 aromatic heterocycles. The van der Waals surface area contributed by atoms with Crippen LogP contribution in [0.25, 0.3) is 0 Å². The van der Waals surface area contributed by atoms with Crippen molar-refractivity contribution in [1.29, 1.82) is 0 Å². The van der Waals surface area contributed by atoms with Crippen LogP contribution in [0.3, 0.4) is 0 Å². The van der Waals surface area contributed by atoms with Crippen LogP contribution in [0.1, 0.15) is 38.1 Å². The van der Waals surface area contributed by atoms with E-state index in [1.54, 1.807) is 0 Å². The highest BCUT2D eigenvalue weighted by atomic mass is 28.4. The quantitative estimate of drug-likeness (QED) is 0.250. The lowest BCUT2D eigenvalue weighted by molar-refractivity contribution is -0.384. The first-order valence-corrected chi connectivity index (χ1v) is 11.5. The van der Waals surface area contributed by atoms with E-state index in [0.717, 1.165) is 0 Å². The zero-order valence-electron chi connectivity index (χ0n) is 16.6. The van der Waals surface area contributed by atoms with Crippen molar-refractivity contribution in [2.75, 3.05) is 0 Å². The van der Waals surface area contributed by atoms with E-state index < -0.39 is 37.5 Å². The normalized spacial score (nSPS) is 15.3. The van der Waals surface area contributed by atoms with E-state index >= 15 is 0 Å². The van der Waals surface area contributed by atoms with E-state index in [4.69, 9.17) is 15.6 Å². The van der Waals surface area contributed by atoms with Crippen molar-refractivity contribution in [2.45, 2.75) is 64.1 Å². The molecule has 0 fully saturated rings. The number of aliphatic hydroxyl groups is 1. The molecule has 1 aromatic rings. The number of nitrogens with zero attached hydrogens (tertiary/aromatic N) is 1. The zero-order valence-corrected chi connectivity index (χ0v) is 17.6. The van der Waals surface area contributed by atoms with Gasteiger partial charge in [0.1, 0.15) is 18.3 Å². The van der Waals surface area contributed by atoms with Gasteiger partial charge in [0, 0.05) is 12.1 Å². The van der Waals surface area contributed by atoms with E-state index in [9.17, 15) is 20.0 Å².